The quantitative estimate of drug-likeness (QED) is 0.272. The van der Waals surface area contributed by atoms with Crippen LogP contribution in [-0.2, 0) is 21.2 Å². The molecule has 4 rings (SSSR count). The van der Waals surface area contributed by atoms with Crippen molar-refractivity contribution in [2.24, 2.45) is 0 Å². The topological polar surface area (TPSA) is 98.7 Å². The summed E-state index contributed by atoms with van der Waals surface area (Å²) in [6.45, 7) is 0.189. The Bertz CT molecular complexity index is 1420. The van der Waals surface area contributed by atoms with E-state index in [-0.39, 0.29) is 35.9 Å². The van der Waals surface area contributed by atoms with E-state index in [1.165, 1.54) is 40.5 Å². The molecule has 0 saturated heterocycles. The highest BCUT2D eigenvalue weighted by Crippen LogP contribution is 2.40. The normalized spacial score (nSPS) is 11.4. The third-order valence-corrected chi connectivity index (χ3v) is 8.62. The van der Waals surface area contributed by atoms with Gasteiger partial charge in [-0.3, -0.25) is 14.7 Å². The summed E-state index contributed by atoms with van der Waals surface area (Å²) >= 11 is 7.17. The lowest BCUT2D eigenvalue weighted by molar-refractivity contribution is -0.118. The number of carbonyl (C=O) groups excluding carboxylic acids is 1. The Kier molecular flexibility index (Phi) is 8.07. The van der Waals surface area contributed by atoms with Crippen LogP contribution in [0.4, 0.5) is 5.13 Å². The van der Waals surface area contributed by atoms with Crippen LogP contribution in [0.3, 0.4) is 0 Å². The third kappa shape index (κ3) is 5.77. The van der Waals surface area contributed by atoms with Crippen molar-refractivity contribution in [3.05, 3.63) is 71.5 Å². The standard InChI is InChI=1S/C25H24ClN3O5S2/c1-33-20-12-13-21(34-2)24-23(20)28-25(35-24)29(16-18-6-3-4-14-27-18)22(30)7-5-15-36(31,32)19-10-8-17(26)9-11-19/h3-4,6,8-14H,5,7,15-16H2,1-2H3. The van der Waals surface area contributed by atoms with Crippen LogP contribution < -0.4 is 14.4 Å². The Morgan fingerprint density at radius 2 is 1.75 bits per heavy atom. The molecule has 0 fully saturated rings. The van der Waals surface area contributed by atoms with Gasteiger partial charge in [0.2, 0.25) is 5.91 Å². The summed E-state index contributed by atoms with van der Waals surface area (Å²) in [5.41, 5.74) is 1.26. The van der Waals surface area contributed by atoms with Crippen LogP contribution in [0, 0.1) is 0 Å². The summed E-state index contributed by atoms with van der Waals surface area (Å²) < 4.78 is 37.1. The predicted octanol–water partition coefficient (Wildman–Crippen LogP) is 5.15. The fourth-order valence-corrected chi connectivity index (χ4v) is 6.14. The molecule has 0 aliphatic carbocycles. The van der Waals surface area contributed by atoms with Gasteiger partial charge in [-0.05, 0) is 55.0 Å². The Hall–Kier alpha value is -3.21. The van der Waals surface area contributed by atoms with Crippen molar-refractivity contribution >= 4 is 54.0 Å². The van der Waals surface area contributed by atoms with Gasteiger partial charge in [-0.2, -0.15) is 0 Å². The number of aromatic nitrogens is 2. The number of carbonyl (C=O) groups is 1. The van der Waals surface area contributed by atoms with Crippen LogP contribution in [0.15, 0.2) is 65.7 Å². The molecule has 0 atom stereocenters. The maximum absolute atomic E-state index is 13.4. The van der Waals surface area contributed by atoms with Gasteiger partial charge in [-0.1, -0.05) is 29.0 Å². The molecule has 0 N–H and O–H groups in total. The van der Waals surface area contributed by atoms with Gasteiger partial charge < -0.3 is 9.47 Å². The molecule has 11 heteroatoms. The fraction of sp³-hybridized carbons (Fsp3) is 0.240. The van der Waals surface area contributed by atoms with Crippen molar-refractivity contribution in [2.75, 3.05) is 24.9 Å². The lowest BCUT2D eigenvalue weighted by Crippen LogP contribution is -2.30. The molecule has 2 aromatic carbocycles. The summed E-state index contributed by atoms with van der Waals surface area (Å²) in [7, 11) is -0.426. The van der Waals surface area contributed by atoms with E-state index in [0.717, 1.165) is 4.70 Å². The second-order valence-corrected chi connectivity index (χ2v) is 11.3. The number of thiazole rings is 1. The zero-order valence-corrected chi connectivity index (χ0v) is 22.1. The second-order valence-electron chi connectivity index (χ2n) is 7.82. The van der Waals surface area contributed by atoms with E-state index in [2.05, 4.69) is 9.97 Å². The minimum atomic E-state index is -3.55. The number of halogens is 1. The van der Waals surface area contributed by atoms with Crippen LogP contribution in [-0.4, -0.2) is 44.3 Å². The SMILES string of the molecule is COc1ccc(OC)c2sc(N(Cc3ccccn3)C(=O)CCCS(=O)(=O)c3ccc(Cl)cc3)nc12. The Morgan fingerprint density at radius 3 is 2.42 bits per heavy atom. The molecule has 2 heterocycles. The smallest absolute Gasteiger partial charge is 0.229 e. The molecule has 36 heavy (non-hydrogen) atoms. The minimum absolute atomic E-state index is 0.0177. The van der Waals surface area contributed by atoms with E-state index < -0.39 is 9.84 Å². The Morgan fingerprint density at radius 1 is 1.03 bits per heavy atom. The fourth-order valence-electron chi connectivity index (χ4n) is 3.61. The number of hydrogen-bond donors (Lipinski definition) is 0. The number of benzene rings is 2. The monoisotopic (exact) mass is 545 g/mol. The number of nitrogens with zero attached hydrogens (tertiary/aromatic N) is 3. The van der Waals surface area contributed by atoms with Gasteiger partial charge in [-0.15, -0.1) is 0 Å². The number of ether oxygens (including phenoxy) is 2. The van der Waals surface area contributed by atoms with Crippen molar-refractivity contribution in [1.29, 1.82) is 0 Å². The molecule has 188 valence electrons. The van der Waals surface area contributed by atoms with Crippen LogP contribution in [0.1, 0.15) is 18.5 Å². The van der Waals surface area contributed by atoms with E-state index in [9.17, 15) is 13.2 Å². The highest BCUT2D eigenvalue weighted by atomic mass is 35.5. The summed E-state index contributed by atoms with van der Waals surface area (Å²) in [6.07, 6.45) is 1.82. The highest BCUT2D eigenvalue weighted by Gasteiger charge is 2.24. The molecule has 0 saturated carbocycles. The van der Waals surface area contributed by atoms with Crippen LogP contribution in [0.2, 0.25) is 5.02 Å². The first-order valence-corrected chi connectivity index (χ1v) is 13.9. The van der Waals surface area contributed by atoms with Crippen LogP contribution in [0.5, 0.6) is 11.5 Å². The van der Waals surface area contributed by atoms with E-state index in [4.69, 9.17) is 21.1 Å². The van der Waals surface area contributed by atoms with Gasteiger partial charge in [0.1, 0.15) is 21.7 Å². The number of pyridine rings is 1. The molecule has 0 bridgehead atoms. The van der Waals surface area contributed by atoms with Gasteiger partial charge in [0.15, 0.2) is 15.0 Å². The first-order chi connectivity index (χ1) is 17.3. The predicted molar refractivity (Wildman–Crippen MR) is 141 cm³/mol. The van der Waals surface area contributed by atoms with Crippen molar-refractivity contribution < 1.29 is 22.7 Å². The Balaban J connectivity index is 1.59. The molecule has 0 aliphatic heterocycles. The number of sulfone groups is 1. The van der Waals surface area contributed by atoms with Gasteiger partial charge in [0, 0.05) is 17.6 Å². The lowest BCUT2D eigenvalue weighted by Gasteiger charge is -2.19. The zero-order valence-electron chi connectivity index (χ0n) is 19.7. The molecule has 2 aromatic heterocycles. The van der Waals surface area contributed by atoms with Crippen LogP contribution in [0.25, 0.3) is 10.2 Å². The van der Waals surface area contributed by atoms with Crippen molar-refractivity contribution in [3.8, 4) is 11.5 Å². The number of hydrogen-bond acceptors (Lipinski definition) is 8. The van der Waals surface area contributed by atoms with Crippen LogP contribution >= 0.6 is 22.9 Å². The van der Waals surface area contributed by atoms with Gasteiger partial charge in [-0.25, -0.2) is 13.4 Å². The van der Waals surface area contributed by atoms with Gasteiger partial charge in [0.05, 0.1) is 37.1 Å². The molecule has 0 radical (unpaired) electrons. The van der Waals surface area contributed by atoms with Crippen molar-refractivity contribution in [3.63, 3.8) is 0 Å². The molecule has 0 spiro atoms. The average Bonchev–Trinajstić information content (AvgIpc) is 3.32. The number of methoxy groups -OCH3 is 2. The van der Waals surface area contributed by atoms with Gasteiger partial charge >= 0.3 is 0 Å². The number of fused-ring (bicyclic) bond motifs is 1. The Labute approximate surface area is 218 Å². The highest BCUT2D eigenvalue weighted by molar-refractivity contribution is 7.91. The number of anilines is 1. The number of amides is 1. The summed E-state index contributed by atoms with van der Waals surface area (Å²) in [6, 6.07) is 15.0. The molecule has 8 nitrogen and oxygen atoms in total. The lowest BCUT2D eigenvalue weighted by atomic mass is 10.2. The first kappa shape index (κ1) is 25.9. The molecular weight excluding hydrogens is 522 g/mol. The van der Waals surface area contributed by atoms with Crippen molar-refractivity contribution in [2.45, 2.75) is 24.3 Å². The second kappa shape index (κ2) is 11.2. The molecule has 0 unspecified atom stereocenters. The average molecular weight is 546 g/mol. The first-order valence-electron chi connectivity index (χ1n) is 11.0. The van der Waals surface area contributed by atoms with Gasteiger partial charge in [0.25, 0.3) is 0 Å². The maximum Gasteiger partial charge on any atom is 0.229 e. The maximum atomic E-state index is 13.4. The summed E-state index contributed by atoms with van der Waals surface area (Å²) in [4.78, 5) is 24.1. The molecule has 0 aliphatic rings. The number of rotatable bonds is 10. The van der Waals surface area contributed by atoms with E-state index >= 15 is 0 Å². The third-order valence-electron chi connectivity index (χ3n) is 5.45. The summed E-state index contributed by atoms with van der Waals surface area (Å²) in [5.74, 6) is 0.754. The molecule has 1 amide bonds. The largest absolute Gasteiger partial charge is 0.495 e. The summed E-state index contributed by atoms with van der Waals surface area (Å²) in [5, 5.41) is 0.905. The van der Waals surface area contributed by atoms with Crippen molar-refractivity contribution in [1.82, 2.24) is 9.97 Å². The zero-order chi connectivity index (χ0) is 25.7. The minimum Gasteiger partial charge on any atom is -0.495 e. The van der Waals surface area contributed by atoms with E-state index in [0.29, 0.717) is 32.9 Å². The molecular formula is C25H24ClN3O5S2. The van der Waals surface area contributed by atoms with E-state index in [1.54, 1.807) is 38.6 Å². The molecule has 4 aromatic rings. The van der Waals surface area contributed by atoms with E-state index in [1.807, 2.05) is 12.1 Å².